The molecule has 106 valence electrons. The minimum atomic E-state index is 0.320. The quantitative estimate of drug-likeness (QED) is 0.887. The number of hydrogen-bond donors (Lipinski definition) is 1. The van der Waals surface area contributed by atoms with Crippen molar-refractivity contribution in [3.05, 3.63) is 24.2 Å². The highest BCUT2D eigenvalue weighted by Crippen LogP contribution is 2.33. The van der Waals surface area contributed by atoms with Crippen molar-refractivity contribution >= 4 is 11.8 Å². The van der Waals surface area contributed by atoms with Crippen molar-refractivity contribution in [3.63, 3.8) is 0 Å². The van der Waals surface area contributed by atoms with E-state index in [1.54, 1.807) is 6.26 Å². The molecule has 0 saturated carbocycles. The van der Waals surface area contributed by atoms with Crippen molar-refractivity contribution in [2.24, 2.45) is 0 Å². The van der Waals surface area contributed by atoms with Gasteiger partial charge in [-0.25, -0.2) is 0 Å². The number of furan rings is 1. The van der Waals surface area contributed by atoms with Gasteiger partial charge in [-0.05, 0) is 24.3 Å². The molecule has 0 spiro atoms. The summed E-state index contributed by atoms with van der Waals surface area (Å²) in [6, 6.07) is 3.97. The molecule has 0 radical (unpaired) electrons. The number of hydrogen-bond acceptors (Lipinski definition) is 5. The lowest BCUT2D eigenvalue weighted by Crippen LogP contribution is -2.58. The summed E-state index contributed by atoms with van der Waals surface area (Å²) >= 11 is 2.08. The third kappa shape index (κ3) is 3.16. The lowest BCUT2D eigenvalue weighted by atomic mass is 9.95. The van der Waals surface area contributed by atoms with Crippen LogP contribution in [0.15, 0.2) is 22.8 Å². The zero-order chi connectivity index (χ0) is 13.0. The lowest BCUT2D eigenvalue weighted by Gasteiger charge is -2.43. The van der Waals surface area contributed by atoms with Crippen LogP contribution in [0.2, 0.25) is 0 Å². The molecule has 1 aromatic rings. The Morgan fingerprint density at radius 3 is 2.95 bits per heavy atom. The van der Waals surface area contributed by atoms with Gasteiger partial charge in [-0.15, -0.1) is 0 Å². The highest BCUT2D eigenvalue weighted by Gasteiger charge is 2.40. The average Bonchev–Trinajstić information content (AvgIpc) is 3.12. The number of nitrogens with one attached hydrogen (secondary N) is 1. The highest BCUT2D eigenvalue weighted by molar-refractivity contribution is 7.99. The van der Waals surface area contributed by atoms with Gasteiger partial charge in [-0.1, -0.05) is 0 Å². The Kier molecular flexibility index (Phi) is 4.48. The van der Waals surface area contributed by atoms with Crippen LogP contribution in [0, 0.1) is 0 Å². The first-order valence-electron chi connectivity index (χ1n) is 7.03. The molecular weight excluding hydrogens is 260 g/mol. The van der Waals surface area contributed by atoms with Crippen molar-refractivity contribution in [1.82, 2.24) is 10.2 Å². The van der Waals surface area contributed by atoms with Gasteiger partial charge in [0.05, 0.1) is 26.0 Å². The SMILES string of the molecule is c1coc(CNCC2(N3CCOCC3)CCSC2)c1. The van der Waals surface area contributed by atoms with Crippen LogP contribution >= 0.6 is 11.8 Å². The van der Waals surface area contributed by atoms with Crippen molar-refractivity contribution in [3.8, 4) is 0 Å². The predicted octanol–water partition coefficient (Wildman–Crippen LogP) is 1.58. The van der Waals surface area contributed by atoms with Crippen molar-refractivity contribution in [2.45, 2.75) is 18.5 Å². The molecule has 2 aliphatic rings. The van der Waals surface area contributed by atoms with E-state index in [2.05, 4.69) is 22.0 Å². The van der Waals surface area contributed by atoms with Crippen LogP contribution in [0.5, 0.6) is 0 Å². The molecule has 0 aliphatic carbocycles. The lowest BCUT2D eigenvalue weighted by molar-refractivity contribution is -0.0135. The number of rotatable bonds is 5. The van der Waals surface area contributed by atoms with E-state index >= 15 is 0 Å². The molecular formula is C14H22N2O2S. The number of nitrogens with zero attached hydrogens (tertiary/aromatic N) is 1. The molecule has 1 atom stereocenters. The second kappa shape index (κ2) is 6.31. The Balaban J connectivity index is 1.57. The van der Waals surface area contributed by atoms with Crippen LogP contribution < -0.4 is 5.32 Å². The average molecular weight is 282 g/mol. The molecule has 1 aromatic heterocycles. The minimum Gasteiger partial charge on any atom is -0.468 e. The van der Waals surface area contributed by atoms with Crippen LogP contribution in [0.1, 0.15) is 12.2 Å². The first-order valence-corrected chi connectivity index (χ1v) is 8.18. The zero-order valence-corrected chi connectivity index (χ0v) is 12.1. The van der Waals surface area contributed by atoms with Crippen LogP contribution in [0.4, 0.5) is 0 Å². The fourth-order valence-electron chi connectivity index (χ4n) is 2.97. The van der Waals surface area contributed by atoms with E-state index in [1.165, 1.54) is 17.9 Å². The first-order chi connectivity index (χ1) is 9.39. The number of thioether (sulfide) groups is 1. The molecule has 4 nitrogen and oxygen atoms in total. The van der Waals surface area contributed by atoms with E-state index in [-0.39, 0.29) is 0 Å². The fourth-order valence-corrected chi connectivity index (χ4v) is 4.44. The maximum absolute atomic E-state index is 5.48. The van der Waals surface area contributed by atoms with E-state index in [9.17, 15) is 0 Å². The van der Waals surface area contributed by atoms with Gasteiger partial charge in [-0.3, -0.25) is 4.90 Å². The smallest absolute Gasteiger partial charge is 0.117 e. The van der Waals surface area contributed by atoms with Crippen LogP contribution in [-0.2, 0) is 11.3 Å². The molecule has 2 saturated heterocycles. The molecule has 3 heterocycles. The van der Waals surface area contributed by atoms with Crippen molar-refractivity contribution in [2.75, 3.05) is 44.4 Å². The first kappa shape index (κ1) is 13.5. The van der Waals surface area contributed by atoms with E-state index in [0.717, 1.165) is 45.2 Å². The molecule has 0 amide bonds. The second-order valence-electron chi connectivity index (χ2n) is 5.31. The summed E-state index contributed by atoms with van der Waals surface area (Å²) in [5.74, 6) is 3.53. The van der Waals surface area contributed by atoms with E-state index in [0.29, 0.717) is 5.54 Å². The maximum Gasteiger partial charge on any atom is 0.117 e. The summed E-state index contributed by atoms with van der Waals surface area (Å²) in [6.07, 6.45) is 3.02. The third-order valence-electron chi connectivity index (χ3n) is 4.10. The third-order valence-corrected chi connectivity index (χ3v) is 5.33. The van der Waals surface area contributed by atoms with Gasteiger partial charge < -0.3 is 14.5 Å². The van der Waals surface area contributed by atoms with Gasteiger partial charge in [-0.2, -0.15) is 11.8 Å². The van der Waals surface area contributed by atoms with E-state index < -0.39 is 0 Å². The fraction of sp³-hybridized carbons (Fsp3) is 0.714. The van der Waals surface area contributed by atoms with Crippen LogP contribution in [0.3, 0.4) is 0 Å². The Morgan fingerprint density at radius 1 is 1.37 bits per heavy atom. The number of morpholine rings is 1. The molecule has 5 heteroatoms. The van der Waals surface area contributed by atoms with E-state index in [1.807, 2.05) is 12.1 Å². The zero-order valence-electron chi connectivity index (χ0n) is 11.3. The van der Waals surface area contributed by atoms with Gasteiger partial charge in [0.25, 0.3) is 0 Å². The molecule has 2 aliphatic heterocycles. The standard InChI is InChI=1S/C14H22N2O2S/c1-2-13(18-6-1)10-15-11-14(3-9-19-12-14)16-4-7-17-8-5-16/h1-2,6,15H,3-5,7-12H2. The summed E-state index contributed by atoms with van der Waals surface area (Å²) < 4.78 is 10.9. The van der Waals surface area contributed by atoms with E-state index in [4.69, 9.17) is 9.15 Å². The Hall–Kier alpha value is -0.490. The largest absolute Gasteiger partial charge is 0.468 e. The second-order valence-corrected chi connectivity index (χ2v) is 6.41. The van der Waals surface area contributed by atoms with Crippen LogP contribution in [-0.4, -0.2) is 54.8 Å². The Bertz CT molecular complexity index is 371. The molecule has 3 rings (SSSR count). The highest BCUT2D eigenvalue weighted by atomic mass is 32.2. The van der Waals surface area contributed by atoms with Crippen LogP contribution in [0.25, 0.3) is 0 Å². The molecule has 1 N–H and O–H groups in total. The Morgan fingerprint density at radius 2 is 2.26 bits per heavy atom. The summed E-state index contributed by atoms with van der Waals surface area (Å²) in [5, 5.41) is 3.58. The molecule has 19 heavy (non-hydrogen) atoms. The summed E-state index contributed by atoms with van der Waals surface area (Å²) in [5.41, 5.74) is 0.320. The molecule has 0 bridgehead atoms. The van der Waals surface area contributed by atoms with Gasteiger partial charge >= 0.3 is 0 Å². The molecule has 1 unspecified atom stereocenters. The predicted molar refractivity (Wildman–Crippen MR) is 77.5 cm³/mol. The minimum absolute atomic E-state index is 0.320. The summed E-state index contributed by atoms with van der Waals surface area (Å²) in [4.78, 5) is 2.63. The molecule has 0 aromatic carbocycles. The molecule has 2 fully saturated rings. The van der Waals surface area contributed by atoms with Gasteiger partial charge in [0.1, 0.15) is 5.76 Å². The number of ether oxygens (including phenoxy) is 1. The maximum atomic E-state index is 5.48. The normalized spacial score (nSPS) is 28.8. The topological polar surface area (TPSA) is 37.6 Å². The summed E-state index contributed by atoms with van der Waals surface area (Å²) in [7, 11) is 0. The Labute approximate surface area is 118 Å². The van der Waals surface area contributed by atoms with Gasteiger partial charge in [0.15, 0.2) is 0 Å². The van der Waals surface area contributed by atoms with Crippen molar-refractivity contribution < 1.29 is 9.15 Å². The van der Waals surface area contributed by atoms with Gasteiger partial charge in [0, 0.05) is 30.9 Å². The van der Waals surface area contributed by atoms with Gasteiger partial charge in [0.2, 0.25) is 0 Å². The summed E-state index contributed by atoms with van der Waals surface area (Å²) in [6.45, 7) is 5.77. The van der Waals surface area contributed by atoms with Crippen molar-refractivity contribution in [1.29, 1.82) is 0 Å². The monoisotopic (exact) mass is 282 g/mol.